The second-order valence-electron chi connectivity index (χ2n) is 8.05. The van der Waals surface area contributed by atoms with Gasteiger partial charge in [-0.1, -0.05) is 20.8 Å². The number of ketones is 1. The molecular formula is C22H25N7O5. The maximum Gasteiger partial charge on any atom is 0.326 e. The van der Waals surface area contributed by atoms with Crippen LogP contribution >= 0.6 is 0 Å². The number of nitrogens with one attached hydrogen (secondary N) is 3. The molecule has 0 saturated heterocycles. The zero-order valence-corrected chi connectivity index (χ0v) is 18.8. The summed E-state index contributed by atoms with van der Waals surface area (Å²) in [7, 11) is 0. The number of anilines is 2. The molecule has 0 spiro atoms. The molecule has 0 saturated carbocycles. The third-order valence-corrected chi connectivity index (χ3v) is 5.18. The van der Waals surface area contributed by atoms with Crippen molar-refractivity contribution in [2.45, 2.75) is 33.4 Å². The molecule has 0 aliphatic carbocycles. The molecule has 0 radical (unpaired) electrons. The summed E-state index contributed by atoms with van der Waals surface area (Å²) >= 11 is 0. The van der Waals surface area contributed by atoms with Gasteiger partial charge in [-0.05, 0) is 24.3 Å². The minimum atomic E-state index is -1.33. The predicted molar refractivity (Wildman–Crippen MR) is 124 cm³/mol. The van der Waals surface area contributed by atoms with Gasteiger partial charge in [0.05, 0.1) is 18.4 Å². The molecule has 1 amide bonds. The first-order valence-corrected chi connectivity index (χ1v) is 10.5. The molecule has 178 valence electrons. The number of nitrogens with two attached hydrogens (primary N) is 1. The Hall–Kier alpha value is -4.35. The predicted octanol–water partition coefficient (Wildman–Crippen LogP) is 0.952. The minimum absolute atomic E-state index is 0.0440. The van der Waals surface area contributed by atoms with Gasteiger partial charge in [0, 0.05) is 23.1 Å². The van der Waals surface area contributed by atoms with E-state index in [0.29, 0.717) is 11.4 Å². The van der Waals surface area contributed by atoms with E-state index in [1.54, 1.807) is 26.0 Å². The number of aromatic amines is 1. The summed E-state index contributed by atoms with van der Waals surface area (Å²) < 4.78 is 0. The number of H-pyrrole nitrogens is 1. The van der Waals surface area contributed by atoms with Gasteiger partial charge in [0.1, 0.15) is 11.8 Å². The Morgan fingerprint density at radius 3 is 2.41 bits per heavy atom. The number of fused-ring (bicyclic) bond motifs is 1. The number of carboxylic acids is 1. The molecule has 3 aromatic rings. The number of hydrogen-bond acceptors (Lipinski definition) is 9. The summed E-state index contributed by atoms with van der Waals surface area (Å²) in [6, 6.07) is 4.98. The molecular weight excluding hydrogens is 442 g/mol. The van der Waals surface area contributed by atoms with Crippen molar-refractivity contribution in [3.05, 3.63) is 52.1 Å². The van der Waals surface area contributed by atoms with Crippen molar-refractivity contribution in [3.8, 4) is 0 Å². The van der Waals surface area contributed by atoms with E-state index in [-0.39, 0.29) is 40.9 Å². The van der Waals surface area contributed by atoms with Crippen LogP contribution in [-0.2, 0) is 16.1 Å². The molecule has 2 atom stereocenters. The number of benzene rings is 1. The molecule has 2 aromatic heterocycles. The lowest BCUT2D eigenvalue weighted by Crippen LogP contribution is -2.48. The zero-order valence-electron chi connectivity index (χ0n) is 18.8. The number of aliphatic carboxylic acids is 1. The number of rotatable bonds is 9. The second kappa shape index (κ2) is 10.1. The average molecular weight is 467 g/mol. The number of Topliss-reactive ketones (excluding diaryl/α,β-unsaturated/α-hetero) is 1. The van der Waals surface area contributed by atoms with Crippen molar-refractivity contribution in [1.82, 2.24) is 25.3 Å². The maximum atomic E-state index is 12.6. The highest BCUT2D eigenvalue weighted by Crippen LogP contribution is 2.15. The molecule has 0 aliphatic heterocycles. The standard InChI is InChI=1S/C22H25N7O5/c1-10(2)17(30)11(3)15(21(33)34)27-19(31)12-4-6-13(7-5-12)24-8-14-9-25-18-16(26-14)20(32)29-22(23)28-18/h4-7,9-11,15,24H,8H2,1-3H3,(H,27,31)(H,33,34)(H3,23,25,28,29,32). The summed E-state index contributed by atoms with van der Waals surface area (Å²) in [5.74, 6) is -3.39. The molecule has 0 bridgehead atoms. The topological polar surface area (TPSA) is 193 Å². The Morgan fingerprint density at radius 1 is 1.12 bits per heavy atom. The molecule has 12 heteroatoms. The van der Waals surface area contributed by atoms with Crippen molar-refractivity contribution < 1.29 is 19.5 Å². The highest BCUT2D eigenvalue weighted by molar-refractivity contribution is 5.98. The number of nitrogen functional groups attached to an aromatic ring is 1. The van der Waals surface area contributed by atoms with E-state index in [9.17, 15) is 24.3 Å². The molecule has 3 rings (SSSR count). The lowest BCUT2D eigenvalue weighted by atomic mass is 9.90. The van der Waals surface area contributed by atoms with Crippen LogP contribution in [0.5, 0.6) is 0 Å². The van der Waals surface area contributed by atoms with Crippen LogP contribution in [0.4, 0.5) is 11.6 Å². The van der Waals surface area contributed by atoms with Gasteiger partial charge >= 0.3 is 5.97 Å². The first-order chi connectivity index (χ1) is 16.1. The lowest BCUT2D eigenvalue weighted by Gasteiger charge is -2.22. The molecule has 2 heterocycles. The van der Waals surface area contributed by atoms with Gasteiger partial charge < -0.3 is 21.5 Å². The zero-order chi connectivity index (χ0) is 25.0. The fraction of sp³-hybridized carbons (Fsp3) is 0.318. The van der Waals surface area contributed by atoms with E-state index in [0.717, 1.165) is 0 Å². The lowest BCUT2D eigenvalue weighted by molar-refractivity contribution is -0.143. The largest absolute Gasteiger partial charge is 0.480 e. The van der Waals surface area contributed by atoms with Crippen LogP contribution < -0.4 is 21.9 Å². The summed E-state index contributed by atoms with van der Waals surface area (Å²) in [4.78, 5) is 62.9. The normalized spacial score (nSPS) is 12.8. The third kappa shape index (κ3) is 5.52. The number of nitrogens with zero attached hydrogens (tertiary/aromatic N) is 3. The first-order valence-electron chi connectivity index (χ1n) is 10.5. The number of amides is 1. The van der Waals surface area contributed by atoms with Crippen LogP contribution in [0, 0.1) is 11.8 Å². The minimum Gasteiger partial charge on any atom is -0.480 e. The number of hydrogen-bond donors (Lipinski definition) is 5. The van der Waals surface area contributed by atoms with Crippen molar-refractivity contribution in [2.75, 3.05) is 11.1 Å². The SMILES string of the molecule is CC(C)C(=O)C(C)C(NC(=O)c1ccc(NCc2cnc3nc(N)[nH]c(=O)c3n2)cc1)C(=O)O. The van der Waals surface area contributed by atoms with E-state index in [2.05, 4.69) is 30.6 Å². The van der Waals surface area contributed by atoms with Crippen LogP contribution in [0.1, 0.15) is 36.8 Å². The second-order valence-corrected chi connectivity index (χ2v) is 8.05. The Morgan fingerprint density at radius 2 is 1.79 bits per heavy atom. The molecule has 12 nitrogen and oxygen atoms in total. The monoisotopic (exact) mass is 467 g/mol. The Balaban J connectivity index is 1.66. The summed E-state index contributed by atoms with van der Waals surface area (Å²) in [6.07, 6.45) is 1.47. The Bertz CT molecular complexity index is 1290. The number of aromatic nitrogens is 4. The van der Waals surface area contributed by atoms with Crippen molar-refractivity contribution in [3.63, 3.8) is 0 Å². The van der Waals surface area contributed by atoms with Gasteiger partial charge in [-0.3, -0.25) is 19.4 Å². The van der Waals surface area contributed by atoms with Gasteiger partial charge in [-0.25, -0.2) is 14.8 Å². The average Bonchev–Trinajstić information content (AvgIpc) is 2.80. The molecule has 0 aliphatic rings. The smallest absolute Gasteiger partial charge is 0.326 e. The van der Waals surface area contributed by atoms with Gasteiger partial charge in [-0.2, -0.15) is 4.98 Å². The highest BCUT2D eigenvalue weighted by atomic mass is 16.4. The van der Waals surface area contributed by atoms with Crippen LogP contribution in [0.2, 0.25) is 0 Å². The quantitative estimate of drug-likeness (QED) is 0.302. The van der Waals surface area contributed by atoms with Gasteiger partial charge in [0.2, 0.25) is 5.95 Å². The van der Waals surface area contributed by atoms with Crippen LogP contribution in [0.25, 0.3) is 11.2 Å². The van der Waals surface area contributed by atoms with E-state index < -0.39 is 29.4 Å². The number of carbonyl (C=O) groups excluding carboxylic acids is 2. The summed E-state index contributed by atoms with van der Waals surface area (Å²) in [5, 5.41) is 15.0. The number of carboxylic acid groups (broad SMARTS) is 1. The molecule has 6 N–H and O–H groups in total. The summed E-state index contributed by atoms with van der Waals surface area (Å²) in [6.45, 7) is 5.09. The van der Waals surface area contributed by atoms with Gasteiger partial charge in [-0.15, -0.1) is 0 Å². The third-order valence-electron chi connectivity index (χ3n) is 5.18. The van der Waals surface area contributed by atoms with E-state index in [1.165, 1.54) is 25.3 Å². The van der Waals surface area contributed by atoms with E-state index in [1.807, 2.05) is 0 Å². The fourth-order valence-corrected chi connectivity index (χ4v) is 3.30. The highest BCUT2D eigenvalue weighted by Gasteiger charge is 2.32. The van der Waals surface area contributed by atoms with Crippen LogP contribution in [0.15, 0.2) is 35.3 Å². The fourth-order valence-electron chi connectivity index (χ4n) is 3.30. The van der Waals surface area contributed by atoms with E-state index in [4.69, 9.17) is 5.73 Å². The van der Waals surface area contributed by atoms with Crippen molar-refractivity contribution in [2.24, 2.45) is 11.8 Å². The Kier molecular flexibility index (Phi) is 7.19. The molecule has 34 heavy (non-hydrogen) atoms. The number of carbonyl (C=O) groups is 3. The van der Waals surface area contributed by atoms with Crippen molar-refractivity contribution in [1.29, 1.82) is 0 Å². The molecule has 0 fully saturated rings. The maximum absolute atomic E-state index is 12.6. The first kappa shape index (κ1) is 24.3. The van der Waals surface area contributed by atoms with Crippen molar-refractivity contribution >= 4 is 40.5 Å². The van der Waals surface area contributed by atoms with Gasteiger partial charge in [0.15, 0.2) is 11.2 Å². The van der Waals surface area contributed by atoms with E-state index >= 15 is 0 Å². The molecule has 1 aromatic carbocycles. The van der Waals surface area contributed by atoms with Crippen LogP contribution in [0.3, 0.4) is 0 Å². The summed E-state index contributed by atoms with van der Waals surface area (Å²) in [5.41, 5.74) is 6.59. The van der Waals surface area contributed by atoms with Crippen LogP contribution in [-0.4, -0.2) is 48.7 Å². The molecule has 2 unspecified atom stereocenters. The Labute approximate surface area is 194 Å². The van der Waals surface area contributed by atoms with Gasteiger partial charge in [0.25, 0.3) is 11.5 Å².